The molecule has 0 aromatic rings. The summed E-state index contributed by atoms with van der Waals surface area (Å²) in [5.74, 6) is -5.68. The van der Waals surface area contributed by atoms with Crippen molar-refractivity contribution in [1.29, 1.82) is 0 Å². The standard InChI is InChI=1S/C54H78O27/c1-13-23(7)45(63)69-21-31-33(57)35(59)43(79-51-37(61)41(77-49(67)27(11)17-5)39(29(19-55)71-51)75-47(65)25(9)15-3)53(73-31)81-54-44(36(60)34(58)32(74-54)22-70-46(64)24(8)14-2)80-52-38(62)42(78-50(68)28(12)18-6)40(30(20-56)72-52)76-48(66)26(10)16-4/h13-18,29-44,51-62H,19-22H2,1-12H3/b23-13+,24-14+,25-15+,26-16+,27-17+,28-18+/t29-,30-,31-,32-,33-,34-,35+,36+,37-,38-,39-,40-,41-,42-,43-,44-,51+,52+,53-,54-/m0/s1. The van der Waals surface area contributed by atoms with Crippen molar-refractivity contribution >= 4 is 35.8 Å². The van der Waals surface area contributed by atoms with Crippen molar-refractivity contribution in [2.24, 2.45) is 0 Å². The van der Waals surface area contributed by atoms with Gasteiger partial charge in [0, 0.05) is 33.4 Å². The molecule has 0 bridgehead atoms. The molecule has 0 saturated carbocycles. The molecule has 27 heteroatoms. The summed E-state index contributed by atoms with van der Waals surface area (Å²) in [5.41, 5.74) is 0.484. The first-order valence-electron chi connectivity index (χ1n) is 26.1. The maximum absolute atomic E-state index is 13.3. The lowest BCUT2D eigenvalue weighted by molar-refractivity contribution is -0.414. The number of hydrogen-bond acceptors (Lipinski definition) is 27. The van der Waals surface area contributed by atoms with Gasteiger partial charge in [0.25, 0.3) is 0 Å². The minimum absolute atomic E-state index is 0.0353. The van der Waals surface area contributed by atoms with Gasteiger partial charge in [0.15, 0.2) is 49.6 Å². The Morgan fingerprint density at radius 1 is 0.333 bits per heavy atom. The third kappa shape index (κ3) is 16.9. The van der Waals surface area contributed by atoms with E-state index in [-0.39, 0.29) is 33.4 Å². The molecule has 0 unspecified atom stereocenters. The van der Waals surface area contributed by atoms with Crippen LogP contribution >= 0.6 is 0 Å². The molecule has 4 heterocycles. The van der Waals surface area contributed by atoms with Gasteiger partial charge in [-0.1, -0.05) is 36.5 Å². The van der Waals surface area contributed by atoms with Crippen molar-refractivity contribution in [2.75, 3.05) is 26.4 Å². The Hall–Kier alpha value is -5.34. The van der Waals surface area contributed by atoms with Crippen molar-refractivity contribution in [3.05, 3.63) is 69.9 Å². The number of ether oxygens (including phenoxy) is 13. The number of carbonyl (C=O) groups excluding carboxylic acids is 6. The predicted octanol–water partition coefficient (Wildman–Crippen LogP) is -0.646. The number of aliphatic hydroxyl groups excluding tert-OH is 8. The summed E-state index contributed by atoms with van der Waals surface area (Å²) in [6, 6.07) is 0. The highest BCUT2D eigenvalue weighted by Crippen LogP contribution is 2.37. The zero-order chi connectivity index (χ0) is 60.7. The molecular formula is C54H78O27. The van der Waals surface area contributed by atoms with E-state index in [0.29, 0.717) is 0 Å². The molecule has 0 amide bonds. The number of esters is 6. The predicted molar refractivity (Wildman–Crippen MR) is 274 cm³/mol. The first-order chi connectivity index (χ1) is 38.3. The number of aliphatic hydroxyl groups is 8. The average Bonchev–Trinajstić information content (AvgIpc) is 3.60. The van der Waals surface area contributed by atoms with Gasteiger partial charge in [0.2, 0.25) is 0 Å². The molecule has 0 aliphatic carbocycles. The van der Waals surface area contributed by atoms with Crippen LogP contribution in [0.5, 0.6) is 0 Å². The fourth-order valence-electron chi connectivity index (χ4n) is 8.01. The van der Waals surface area contributed by atoms with E-state index in [4.69, 9.17) is 61.6 Å². The largest absolute Gasteiger partial charge is 0.459 e. The van der Waals surface area contributed by atoms with Gasteiger partial charge in [-0.2, -0.15) is 0 Å². The second-order valence-electron chi connectivity index (χ2n) is 19.3. The third-order valence-electron chi connectivity index (χ3n) is 14.0. The van der Waals surface area contributed by atoms with E-state index in [1.807, 2.05) is 0 Å². The fourth-order valence-corrected chi connectivity index (χ4v) is 8.01. The summed E-state index contributed by atoms with van der Waals surface area (Å²) in [4.78, 5) is 78.5. The van der Waals surface area contributed by atoms with Gasteiger partial charge in [-0.25, -0.2) is 28.8 Å². The Labute approximate surface area is 468 Å². The van der Waals surface area contributed by atoms with Gasteiger partial charge in [-0.3, -0.25) is 0 Å². The molecule has 8 N–H and O–H groups in total. The van der Waals surface area contributed by atoms with Gasteiger partial charge >= 0.3 is 35.8 Å². The lowest BCUT2D eigenvalue weighted by Gasteiger charge is -2.49. The average molecular weight is 1160 g/mol. The Bertz CT molecular complexity index is 2210. The topological polar surface area (TPSA) is 384 Å². The van der Waals surface area contributed by atoms with E-state index in [9.17, 15) is 69.6 Å². The van der Waals surface area contributed by atoms with Crippen LogP contribution in [0.4, 0.5) is 0 Å². The normalized spacial score (nSPS) is 35.6. The summed E-state index contributed by atoms with van der Waals surface area (Å²) in [5, 5.41) is 92.4. The fraction of sp³-hybridized carbons (Fsp3) is 0.667. The Morgan fingerprint density at radius 2 is 0.593 bits per heavy atom. The van der Waals surface area contributed by atoms with Crippen LogP contribution in [0.3, 0.4) is 0 Å². The van der Waals surface area contributed by atoms with Gasteiger partial charge in [0.05, 0.1) is 13.2 Å². The summed E-state index contributed by atoms with van der Waals surface area (Å²) in [6.45, 7) is 14.1. The van der Waals surface area contributed by atoms with Crippen LogP contribution in [0.25, 0.3) is 0 Å². The molecule has 81 heavy (non-hydrogen) atoms. The van der Waals surface area contributed by atoms with Crippen molar-refractivity contribution in [1.82, 2.24) is 0 Å². The SMILES string of the molecule is C/C=C(\C)C(=O)OC[C@@H]1O[C@@H](O[C@@H]2O[C@@H](COC(=O)/C(C)=C/C)[C@H](O)[C@@H](O)[C@@H]2O[C@H]2O[C@@H](CO)[C@H](OC(=O)/C(C)=C/C)[C@@H](OC(=O)/C(C)=C/C)[C@@H]2O)[C@@H](O[C@H]2O[C@@H](CO)[C@H](OC(=O)/C(C)=C/C)[C@@H](OC(=O)/C(C)=C/C)[C@@H]2O)[C@H](O)[C@H]1O. The summed E-state index contributed by atoms with van der Waals surface area (Å²) < 4.78 is 75.9. The molecule has 0 aromatic carbocycles. The molecule has 456 valence electrons. The number of hydrogen-bond donors (Lipinski definition) is 8. The van der Waals surface area contributed by atoms with Gasteiger partial charge in [-0.15, -0.1) is 0 Å². The molecule has 4 fully saturated rings. The van der Waals surface area contributed by atoms with E-state index in [1.54, 1.807) is 13.8 Å². The smallest absolute Gasteiger partial charge is 0.333 e. The minimum Gasteiger partial charge on any atom is -0.459 e. The van der Waals surface area contributed by atoms with E-state index in [0.717, 1.165) is 0 Å². The summed E-state index contributed by atoms with van der Waals surface area (Å²) in [6.07, 6.45) is -31.4. The molecule has 0 spiro atoms. The first kappa shape index (κ1) is 68.2. The second-order valence-corrected chi connectivity index (χ2v) is 19.3. The van der Waals surface area contributed by atoms with Crippen LogP contribution in [0, 0.1) is 0 Å². The molecule has 4 rings (SSSR count). The molecule has 20 atom stereocenters. The third-order valence-corrected chi connectivity index (χ3v) is 14.0. The Balaban J connectivity index is 1.88. The number of allylic oxidation sites excluding steroid dienone is 6. The van der Waals surface area contributed by atoms with Crippen LogP contribution in [0.1, 0.15) is 83.1 Å². The molecule has 4 aliphatic heterocycles. The van der Waals surface area contributed by atoms with Crippen molar-refractivity contribution < 1.29 is 131 Å². The van der Waals surface area contributed by atoms with Gasteiger partial charge in [-0.05, 0) is 83.1 Å². The van der Waals surface area contributed by atoms with Crippen molar-refractivity contribution in [3.63, 3.8) is 0 Å². The lowest BCUT2D eigenvalue weighted by atomic mass is 9.96. The molecule has 4 saturated heterocycles. The van der Waals surface area contributed by atoms with Gasteiger partial charge < -0.3 is 102 Å². The quantitative estimate of drug-likeness (QED) is 0.0379. The van der Waals surface area contributed by atoms with Crippen LogP contribution in [0.15, 0.2) is 69.9 Å². The molecular weight excluding hydrogens is 1080 g/mol. The Morgan fingerprint density at radius 3 is 0.864 bits per heavy atom. The van der Waals surface area contributed by atoms with E-state index in [2.05, 4.69) is 0 Å². The van der Waals surface area contributed by atoms with Crippen LogP contribution in [-0.4, -0.2) is 226 Å². The minimum atomic E-state index is -2.23. The van der Waals surface area contributed by atoms with E-state index < -0.39 is 185 Å². The van der Waals surface area contributed by atoms with Gasteiger partial charge in [0.1, 0.15) is 86.5 Å². The second kappa shape index (κ2) is 31.4. The molecule has 4 aliphatic rings. The highest BCUT2D eigenvalue weighted by atomic mass is 16.8. The van der Waals surface area contributed by atoms with Crippen LogP contribution in [0.2, 0.25) is 0 Å². The summed E-state index contributed by atoms with van der Waals surface area (Å²) in [7, 11) is 0. The molecule has 27 nitrogen and oxygen atoms in total. The highest BCUT2D eigenvalue weighted by Gasteiger charge is 2.58. The maximum atomic E-state index is 13.3. The Kier molecular flexibility index (Phi) is 26.4. The van der Waals surface area contributed by atoms with Crippen molar-refractivity contribution in [3.8, 4) is 0 Å². The number of rotatable bonds is 22. The van der Waals surface area contributed by atoms with Crippen molar-refractivity contribution in [2.45, 2.75) is 206 Å². The number of carbonyl (C=O) groups is 6. The van der Waals surface area contributed by atoms with Crippen LogP contribution in [-0.2, 0) is 90.3 Å². The first-order valence-corrected chi connectivity index (χ1v) is 26.1. The summed E-state index contributed by atoms with van der Waals surface area (Å²) >= 11 is 0. The highest BCUT2D eigenvalue weighted by molar-refractivity contribution is 5.90. The van der Waals surface area contributed by atoms with E-state index >= 15 is 0 Å². The zero-order valence-electron chi connectivity index (χ0n) is 47.2. The monoisotopic (exact) mass is 1160 g/mol. The lowest BCUT2D eigenvalue weighted by Crippen LogP contribution is -2.68. The molecule has 0 aromatic heterocycles. The molecule has 0 radical (unpaired) electrons. The van der Waals surface area contributed by atoms with E-state index in [1.165, 1.54) is 106 Å². The maximum Gasteiger partial charge on any atom is 0.333 e. The zero-order valence-corrected chi connectivity index (χ0v) is 47.2. The van der Waals surface area contributed by atoms with Crippen LogP contribution < -0.4 is 0 Å².